The van der Waals surface area contributed by atoms with Crippen LogP contribution in [0.3, 0.4) is 0 Å². The molecule has 5 nitrogen and oxygen atoms in total. The normalized spacial score (nSPS) is 36.5. The standard InChI is InChI=1S/C14H25NO4/c16-11-13-10-15(4-8-18-13)12-1-5-19-14(9-12)2-6-17-7-3-14/h12-13,16H,1-11H2. The summed E-state index contributed by atoms with van der Waals surface area (Å²) in [5.41, 5.74) is 0.0498. The average molecular weight is 271 g/mol. The molecule has 3 rings (SSSR count). The number of hydrogen-bond donors (Lipinski definition) is 1. The Morgan fingerprint density at radius 3 is 2.79 bits per heavy atom. The van der Waals surface area contributed by atoms with Gasteiger partial charge in [0.2, 0.25) is 0 Å². The van der Waals surface area contributed by atoms with E-state index in [1.165, 1.54) is 0 Å². The molecule has 3 aliphatic rings. The van der Waals surface area contributed by atoms with Crippen molar-refractivity contribution < 1.29 is 19.3 Å². The van der Waals surface area contributed by atoms with E-state index >= 15 is 0 Å². The number of nitrogens with zero attached hydrogens (tertiary/aromatic N) is 1. The first-order valence-electron chi connectivity index (χ1n) is 7.50. The fraction of sp³-hybridized carbons (Fsp3) is 1.00. The molecule has 0 radical (unpaired) electrons. The minimum Gasteiger partial charge on any atom is -0.394 e. The number of morpholine rings is 1. The molecule has 0 bridgehead atoms. The second-order valence-corrected chi connectivity index (χ2v) is 5.96. The van der Waals surface area contributed by atoms with Crippen LogP contribution >= 0.6 is 0 Å². The van der Waals surface area contributed by atoms with Crippen molar-refractivity contribution in [2.45, 2.75) is 43.4 Å². The molecule has 3 heterocycles. The lowest BCUT2D eigenvalue weighted by Crippen LogP contribution is -2.55. The fourth-order valence-corrected chi connectivity index (χ4v) is 3.59. The number of aliphatic hydroxyl groups excluding tert-OH is 1. The van der Waals surface area contributed by atoms with Crippen molar-refractivity contribution in [3.8, 4) is 0 Å². The van der Waals surface area contributed by atoms with Gasteiger partial charge in [-0.2, -0.15) is 0 Å². The first-order chi connectivity index (χ1) is 9.31. The molecule has 1 spiro atoms. The molecular weight excluding hydrogens is 246 g/mol. The van der Waals surface area contributed by atoms with Gasteiger partial charge in [0.1, 0.15) is 0 Å². The Morgan fingerprint density at radius 2 is 2.00 bits per heavy atom. The van der Waals surface area contributed by atoms with Crippen LogP contribution in [0.5, 0.6) is 0 Å². The lowest BCUT2D eigenvalue weighted by atomic mass is 9.83. The second kappa shape index (κ2) is 6.06. The maximum Gasteiger partial charge on any atom is 0.0932 e. The molecule has 1 N–H and O–H groups in total. The summed E-state index contributed by atoms with van der Waals surface area (Å²) in [5.74, 6) is 0. The average Bonchev–Trinajstić information content (AvgIpc) is 2.48. The van der Waals surface area contributed by atoms with Gasteiger partial charge in [0.05, 0.1) is 24.9 Å². The minimum absolute atomic E-state index is 0.0118. The van der Waals surface area contributed by atoms with Crippen LogP contribution < -0.4 is 0 Å². The van der Waals surface area contributed by atoms with Gasteiger partial charge in [-0.05, 0) is 25.7 Å². The van der Waals surface area contributed by atoms with Gasteiger partial charge in [-0.25, -0.2) is 0 Å². The van der Waals surface area contributed by atoms with E-state index in [1.54, 1.807) is 0 Å². The Bertz CT molecular complexity index is 288. The van der Waals surface area contributed by atoms with E-state index in [2.05, 4.69) is 4.90 Å². The summed E-state index contributed by atoms with van der Waals surface area (Å²) in [4.78, 5) is 2.49. The molecule has 0 saturated carbocycles. The molecule has 0 aromatic rings. The summed E-state index contributed by atoms with van der Waals surface area (Å²) in [6.07, 6.45) is 4.24. The van der Waals surface area contributed by atoms with Gasteiger partial charge in [-0.1, -0.05) is 0 Å². The molecular formula is C14H25NO4. The van der Waals surface area contributed by atoms with Gasteiger partial charge >= 0.3 is 0 Å². The predicted octanol–water partition coefficient (Wildman–Crippen LogP) is 0.408. The third kappa shape index (κ3) is 3.11. The lowest BCUT2D eigenvalue weighted by molar-refractivity contribution is -0.161. The van der Waals surface area contributed by atoms with Gasteiger partial charge in [0, 0.05) is 39.0 Å². The monoisotopic (exact) mass is 271 g/mol. The number of aliphatic hydroxyl groups is 1. The van der Waals surface area contributed by atoms with Gasteiger partial charge < -0.3 is 19.3 Å². The Balaban J connectivity index is 1.61. The third-order valence-electron chi connectivity index (χ3n) is 4.76. The van der Waals surface area contributed by atoms with Gasteiger partial charge in [-0.15, -0.1) is 0 Å². The lowest BCUT2D eigenvalue weighted by Gasteiger charge is -2.47. The van der Waals surface area contributed by atoms with E-state index in [0.29, 0.717) is 6.04 Å². The van der Waals surface area contributed by atoms with Crippen molar-refractivity contribution in [1.29, 1.82) is 0 Å². The summed E-state index contributed by atoms with van der Waals surface area (Å²) in [7, 11) is 0. The van der Waals surface area contributed by atoms with Crippen LogP contribution in [0.4, 0.5) is 0 Å². The molecule has 2 atom stereocenters. The van der Waals surface area contributed by atoms with Crippen molar-refractivity contribution in [2.24, 2.45) is 0 Å². The van der Waals surface area contributed by atoms with Crippen molar-refractivity contribution in [3.05, 3.63) is 0 Å². The smallest absolute Gasteiger partial charge is 0.0932 e. The largest absolute Gasteiger partial charge is 0.394 e. The maximum atomic E-state index is 9.26. The SMILES string of the molecule is OCC1CN(C2CCOC3(CCOCC3)C2)CCO1. The van der Waals surface area contributed by atoms with E-state index in [0.717, 1.165) is 65.2 Å². The van der Waals surface area contributed by atoms with Crippen LogP contribution in [0.2, 0.25) is 0 Å². The third-order valence-corrected chi connectivity index (χ3v) is 4.76. The zero-order chi connectivity index (χ0) is 13.1. The highest BCUT2D eigenvalue weighted by Crippen LogP contribution is 2.36. The zero-order valence-electron chi connectivity index (χ0n) is 11.6. The summed E-state index contributed by atoms with van der Waals surface area (Å²) >= 11 is 0. The molecule has 19 heavy (non-hydrogen) atoms. The summed E-state index contributed by atoms with van der Waals surface area (Å²) in [5, 5.41) is 9.26. The quantitative estimate of drug-likeness (QED) is 0.788. The van der Waals surface area contributed by atoms with Crippen molar-refractivity contribution in [1.82, 2.24) is 4.90 Å². The van der Waals surface area contributed by atoms with Crippen LogP contribution in [0.15, 0.2) is 0 Å². The van der Waals surface area contributed by atoms with Crippen LogP contribution in [0.1, 0.15) is 25.7 Å². The maximum absolute atomic E-state index is 9.26. The highest BCUT2D eigenvalue weighted by atomic mass is 16.5. The van der Waals surface area contributed by atoms with Gasteiger partial charge in [-0.3, -0.25) is 4.90 Å². The van der Waals surface area contributed by atoms with E-state index in [1.807, 2.05) is 0 Å². The fourth-order valence-electron chi connectivity index (χ4n) is 3.59. The van der Waals surface area contributed by atoms with Crippen LogP contribution in [0.25, 0.3) is 0 Å². The molecule has 5 heteroatoms. The van der Waals surface area contributed by atoms with Crippen LogP contribution in [-0.2, 0) is 14.2 Å². The molecule has 2 unspecified atom stereocenters. The van der Waals surface area contributed by atoms with Crippen molar-refractivity contribution >= 4 is 0 Å². The topological polar surface area (TPSA) is 51.2 Å². The van der Waals surface area contributed by atoms with Crippen LogP contribution in [0, 0.1) is 0 Å². The molecule has 0 aromatic carbocycles. The Labute approximate surface area is 114 Å². The number of rotatable bonds is 2. The number of ether oxygens (including phenoxy) is 3. The molecule has 3 aliphatic heterocycles. The molecule has 3 fully saturated rings. The second-order valence-electron chi connectivity index (χ2n) is 5.96. The van der Waals surface area contributed by atoms with Crippen molar-refractivity contribution in [3.63, 3.8) is 0 Å². The molecule has 0 amide bonds. The van der Waals surface area contributed by atoms with E-state index < -0.39 is 0 Å². The highest BCUT2D eigenvalue weighted by molar-refractivity contribution is 4.93. The van der Waals surface area contributed by atoms with E-state index in [9.17, 15) is 5.11 Å². The Morgan fingerprint density at radius 1 is 1.16 bits per heavy atom. The summed E-state index contributed by atoms with van der Waals surface area (Å²) in [6, 6.07) is 0.574. The minimum atomic E-state index is -0.0118. The molecule has 110 valence electrons. The van der Waals surface area contributed by atoms with Crippen LogP contribution in [-0.4, -0.2) is 73.9 Å². The highest BCUT2D eigenvalue weighted by Gasteiger charge is 2.41. The predicted molar refractivity (Wildman–Crippen MR) is 70.2 cm³/mol. The van der Waals surface area contributed by atoms with Gasteiger partial charge in [0.15, 0.2) is 0 Å². The molecule has 3 saturated heterocycles. The Kier molecular flexibility index (Phi) is 4.39. The summed E-state index contributed by atoms with van der Waals surface area (Å²) < 4.78 is 17.1. The van der Waals surface area contributed by atoms with E-state index in [4.69, 9.17) is 14.2 Å². The summed E-state index contributed by atoms with van der Waals surface area (Å²) in [6.45, 7) is 5.20. The van der Waals surface area contributed by atoms with Crippen molar-refractivity contribution in [2.75, 3.05) is 46.1 Å². The van der Waals surface area contributed by atoms with E-state index in [-0.39, 0.29) is 18.3 Å². The van der Waals surface area contributed by atoms with Gasteiger partial charge in [0.25, 0.3) is 0 Å². The molecule has 0 aliphatic carbocycles. The first-order valence-corrected chi connectivity index (χ1v) is 7.50. The Hall–Kier alpha value is -0.200. The molecule has 0 aromatic heterocycles. The first kappa shape index (κ1) is 13.8. The number of hydrogen-bond acceptors (Lipinski definition) is 5. The zero-order valence-corrected chi connectivity index (χ0v) is 11.6.